The van der Waals surface area contributed by atoms with Crippen LogP contribution in [0.25, 0.3) is 0 Å². The van der Waals surface area contributed by atoms with Crippen molar-refractivity contribution in [2.45, 2.75) is 72.2 Å². The number of nitrogens with zero attached hydrogens (tertiary/aromatic N) is 1. The van der Waals surface area contributed by atoms with Crippen molar-refractivity contribution in [3.63, 3.8) is 0 Å². The first kappa shape index (κ1) is 37.4. The maximum absolute atomic E-state index is 13.5. The second-order valence-corrected chi connectivity index (χ2v) is 15.0. The Labute approximate surface area is 259 Å². The summed E-state index contributed by atoms with van der Waals surface area (Å²) in [5, 5.41) is 5.01. The number of benzene rings is 1. The smallest absolute Gasteiger partial charge is 0.411 e. The fraction of sp³-hybridized carbons (Fsp3) is 0.552. The highest BCUT2D eigenvalue weighted by molar-refractivity contribution is 7.72. The zero-order chi connectivity index (χ0) is 32.8. The molecule has 2 N–H and O–H groups in total. The summed E-state index contributed by atoms with van der Waals surface area (Å²) in [6.07, 6.45) is 0.653. The highest BCUT2D eigenvalue weighted by Gasteiger charge is 2.52. The molecule has 0 saturated carbocycles. The molecule has 2 rings (SSSR count). The Hall–Kier alpha value is -2.79. The van der Waals surface area contributed by atoms with E-state index >= 15 is 0 Å². The zero-order valence-electron chi connectivity index (χ0n) is 26.5. The Bertz CT molecular complexity index is 1230. The van der Waals surface area contributed by atoms with Crippen LogP contribution in [-0.4, -0.2) is 55.5 Å². The van der Waals surface area contributed by atoms with Gasteiger partial charge in [0.1, 0.15) is 5.75 Å². The minimum Gasteiger partial charge on any atom is -0.449 e. The van der Waals surface area contributed by atoms with E-state index in [1.807, 2.05) is 24.3 Å². The Morgan fingerprint density at radius 3 is 1.84 bits per heavy atom. The van der Waals surface area contributed by atoms with Gasteiger partial charge in [-0.25, -0.2) is 9.78 Å². The summed E-state index contributed by atoms with van der Waals surface area (Å²) in [5.74, 6) is 0.359. The number of hydrogen-bond acceptors (Lipinski definition) is 11. The van der Waals surface area contributed by atoms with Gasteiger partial charge in [-0.2, -0.15) is 0 Å². The summed E-state index contributed by atoms with van der Waals surface area (Å²) in [4.78, 5) is 29.2. The van der Waals surface area contributed by atoms with Crippen LogP contribution in [0.5, 0.6) is 11.6 Å². The van der Waals surface area contributed by atoms with Crippen molar-refractivity contribution in [1.82, 2.24) is 10.3 Å². The maximum Gasteiger partial charge on any atom is 0.411 e. The number of amides is 2. The van der Waals surface area contributed by atoms with E-state index in [0.29, 0.717) is 17.3 Å². The first-order valence-corrected chi connectivity index (χ1v) is 17.8. The number of hydrogen-bond donors (Lipinski definition) is 2. The second kappa shape index (κ2) is 17.6. The molecule has 1 aromatic heterocycles. The fourth-order valence-electron chi connectivity index (χ4n) is 3.83. The fourth-order valence-corrected chi connectivity index (χ4v) is 8.78. The zero-order valence-corrected chi connectivity index (χ0v) is 28.3. The molecule has 0 aliphatic rings. The van der Waals surface area contributed by atoms with Crippen molar-refractivity contribution < 1.29 is 46.3 Å². The van der Waals surface area contributed by atoms with Gasteiger partial charge in [-0.05, 0) is 63.3 Å². The quantitative estimate of drug-likeness (QED) is 0.121. The van der Waals surface area contributed by atoms with Crippen molar-refractivity contribution in [3.05, 3.63) is 48.2 Å². The van der Waals surface area contributed by atoms with Crippen LogP contribution in [0.1, 0.15) is 66.9 Å². The standard InChI is InChI=1S/C29H45N3O10P2/c1-8-38-43(35,39-9-2)28(44(36,40-10-3)41-11-4)32-25(33)13-12-20-37-27(34)31-23-16-19-26(30-21-23)42-24-17-14-22(15-18-24)29(5,6)7/h14-19,21,28H,8-13,20H2,1-7H3,(H,31,34)(H,32,33). The van der Waals surface area contributed by atoms with Crippen molar-refractivity contribution in [3.8, 4) is 11.6 Å². The highest BCUT2D eigenvalue weighted by atomic mass is 31.2. The Morgan fingerprint density at radius 2 is 1.39 bits per heavy atom. The molecule has 13 nitrogen and oxygen atoms in total. The maximum atomic E-state index is 13.5. The van der Waals surface area contributed by atoms with E-state index in [9.17, 15) is 18.7 Å². The molecule has 0 unspecified atom stereocenters. The summed E-state index contributed by atoms with van der Waals surface area (Å²) >= 11 is 0. The summed E-state index contributed by atoms with van der Waals surface area (Å²) < 4.78 is 59.3. The SMILES string of the molecule is CCOP(=O)(OCC)C(NC(=O)CCCOC(=O)Nc1ccc(Oc2ccc(C(C)(C)C)cc2)nc1)P(=O)(OCC)OCC. The second-order valence-electron chi connectivity index (χ2n) is 10.3. The van der Waals surface area contributed by atoms with E-state index in [1.54, 1.807) is 39.8 Å². The topological polar surface area (TPSA) is 161 Å². The number of rotatable bonds is 18. The highest BCUT2D eigenvalue weighted by Crippen LogP contribution is 2.69. The van der Waals surface area contributed by atoms with Crippen LogP contribution in [0.15, 0.2) is 42.6 Å². The largest absolute Gasteiger partial charge is 0.449 e. The van der Waals surface area contributed by atoms with E-state index in [0.717, 1.165) is 0 Å². The molecular formula is C29H45N3O10P2. The van der Waals surface area contributed by atoms with Crippen molar-refractivity contribution in [1.29, 1.82) is 0 Å². The predicted octanol–water partition coefficient (Wildman–Crippen LogP) is 7.43. The number of anilines is 1. The van der Waals surface area contributed by atoms with Crippen LogP contribution in [0.4, 0.5) is 10.5 Å². The summed E-state index contributed by atoms with van der Waals surface area (Å²) in [6.45, 7) is 12.5. The molecule has 1 heterocycles. The minimum atomic E-state index is -4.15. The van der Waals surface area contributed by atoms with Gasteiger partial charge in [-0.15, -0.1) is 0 Å². The molecule has 246 valence electrons. The lowest BCUT2D eigenvalue weighted by molar-refractivity contribution is -0.121. The third kappa shape index (κ3) is 11.6. The summed E-state index contributed by atoms with van der Waals surface area (Å²) in [5.41, 5.74) is -0.0688. The number of carbonyl (C=O) groups is 2. The first-order valence-electron chi connectivity index (χ1n) is 14.5. The number of aromatic nitrogens is 1. The van der Waals surface area contributed by atoms with Gasteiger partial charge in [-0.3, -0.25) is 19.2 Å². The normalized spacial score (nSPS) is 12.2. The molecule has 44 heavy (non-hydrogen) atoms. The Kier molecular flexibility index (Phi) is 15.0. The minimum absolute atomic E-state index is 0.0262. The molecule has 0 saturated heterocycles. The van der Waals surface area contributed by atoms with E-state index in [1.165, 1.54) is 11.8 Å². The average molecular weight is 658 g/mol. The van der Waals surface area contributed by atoms with Crippen LogP contribution >= 0.6 is 15.2 Å². The molecule has 0 aliphatic heterocycles. The first-order chi connectivity index (χ1) is 20.8. The molecule has 0 fully saturated rings. The summed E-state index contributed by atoms with van der Waals surface area (Å²) in [7, 11) is -8.29. The monoisotopic (exact) mass is 657 g/mol. The molecule has 0 spiro atoms. The lowest BCUT2D eigenvalue weighted by Gasteiger charge is -2.31. The molecule has 0 bridgehead atoms. The van der Waals surface area contributed by atoms with Gasteiger partial charge >= 0.3 is 21.3 Å². The molecule has 0 radical (unpaired) electrons. The van der Waals surface area contributed by atoms with Gasteiger partial charge in [0, 0.05) is 12.5 Å². The van der Waals surface area contributed by atoms with Gasteiger partial charge in [0.2, 0.25) is 17.3 Å². The van der Waals surface area contributed by atoms with Crippen molar-refractivity contribution in [2.75, 3.05) is 38.4 Å². The van der Waals surface area contributed by atoms with Gasteiger partial charge < -0.3 is 32.9 Å². The lowest BCUT2D eigenvalue weighted by atomic mass is 9.87. The Morgan fingerprint density at radius 1 is 0.841 bits per heavy atom. The van der Waals surface area contributed by atoms with E-state index in [-0.39, 0.29) is 51.3 Å². The Balaban J connectivity index is 1.89. The van der Waals surface area contributed by atoms with Gasteiger partial charge in [0.15, 0.2) is 0 Å². The summed E-state index contributed by atoms with van der Waals surface area (Å²) in [6, 6.07) is 11.0. The van der Waals surface area contributed by atoms with E-state index in [2.05, 4.69) is 36.4 Å². The number of carbonyl (C=O) groups excluding carboxylic acids is 2. The third-order valence-corrected chi connectivity index (χ3v) is 11.5. The molecule has 2 aromatic rings. The van der Waals surface area contributed by atoms with Gasteiger partial charge in [0.05, 0.1) is 44.9 Å². The van der Waals surface area contributed by atoms with Gasteiger partial charge in [0.25, 0.3) is 0 Å². The number of pyridine rings is 1. The van der Waals surface area contributed by atoms with E-state index < -0.39 is 32.7 Å². The van der Waals surface area contributed by atoms with Crippen LogP contribution in [-0.2, 0) is 42.2 Å². The van der Waals surface area contributed by atoms with Crippen molar-refractivity contribution >= 4 is 32.9 Å². The van der Waals surface area contributed by atoms with Crippen LogP contribution in [0.3, 0.4) is 0 Å². The van der Waals surface area contributed by atoms with Crippen LogP contribution in [0, 0.1) is 0 Å². The number of nitrogens with one attached hydrogen (secondary N) is 2. The predicted molar refractivity (Wildman–Crippen MR) is 167 cm³/mol. The molecule has 15 heteroatoms. The molecule has 2 amide bonds. The molecule has 0 atom stereocenters. The molecular weight excluding hydrogens is 612 g/mol. The van der Waals surface area contributed by atoms with Crippen molar-refractivity contribution in [2.24, 2.45) is 0 Å². The van der Waals surface area contributed by atoms with E-state index in [4.69, 9.17) is 27.6 Å². The average Bonchev–Trinajstić information content (AvgIpc) is 2.95. The lowest BCUT2D eigenvalue weighted by Crippen LogP contribution is -2.37. The molecule has 0 aliphatic carbocycles. The number of ether oxygens (including phenoxy) is 2. The van der Waals surface area contributed by atoms with Crippen LogP contribution in [0.2, 0.25) is 0 Å². The van der Waals surface area contributed by atoms with Crippen LogP contribution < -0.4 is 15.4 Å². The third-order valence-electron chi connectivity index (χ3n) is 5.83. The van der Waals surface area contributed by atoms with Gasteiger partial charge in [-0.1, -0.05) is 32.9 Å². The molecule has 1 aromatic carbocycles.